The van der Waals surface area contributed by atoms with Crippen LogP contribution < -0.4 is 15.4 Å². The maximum atomic E-state index is 12.7. The van der Waals surface area contributed by atoms with Crippen LogP contribution in [0.1, 0.15) is 40.0 Å². The lowest BCUT2D eigenvalue weighted by Crippen LogP contribution is -2.51. The van der Waals surface area contributed by atoms with Crippen LogP contribution in [-0.4, -0.2) is 40.2 Å². The van der Waals surface area contributed by atoms with Gasteiger partial charge in [0.15, 0.2) is 0 Å². The number of nitrogens with zero attached hydrogens (tertiary/aromatic N) is 1. The van der Waals surface area contributed by atoms with Crippen LogP contribution in [0.2, 0.25) is 0 Å². The number of nitrogens with one attached hydrogen (secondary N) is 3. The number of carbonyl (C=O) groups excluding carboxylic acids is 1. The molecule has 186 valence electrons. The molecule has 0 spiro atoms. The van der Waals surface area contributed by atoms with Gasteiger partial charge < -0.3 is 15.4 Å². The molecule has 2 amide bonds. The summed E-state index contributed by atoms with van der Waals surface area (Å²) in [6.07, 6.45) is 14.8. The monoisotopic (exact) mass is 488 g/mol. The van der Waals surface area contributed by atoms with Crippen LogP contribution in [0.4, 0.5) is 4.79 Å². The summed E-state index contributed by atoms with van der Waals surface area (Å²) in [5.74, 6) is 0.775. The summed E-state index contributed by atoms with van der Waals surface area (Å²) in [6.45, 7) is 10.0. The molecule has 0 aromatic carbocycles. The number of carbonyl (C=O) groups is 1. The zero-order valence-electron chi connectivity index (χ0n) is 20.4. The van der Waals surface area contributed by atoms with E-state index in [-0.39, 0.29) is 23.5 Å². The van der Waals surface area contributed by atoms with Crippen molar-refractivity contribution in [1.82, 2.24) is 15.4 Å². The molecule has 0 saturated carbocycles. The Morgan fingerprint density at radius 2 is 2.12 bits per heavy atom. The average Bonchev–Trinajstić information content (AvgIpc) is 3.04. The molecular formula is C25H36N4O4S. The van der Waals surface area contributed by atoms with Crippen molar-refractivity contribution in [2.24, 2.45) is 5.92 Å². The summed E-state index contributed by atoms with van der Waals surface area (Å²) in [4.78, 5) is 11.8. The van der Waals surface area contributed by atoms with Crippen molar-refractivity contribution < 1.29 is 17.9 Å². The van der Waals surface area contributed by atoms with E-state index in [9.17, 15) is 13.2 Å². The van der Waals surface area contributed by atoms with Crippen molar-refractivity contribution in [3.8, 4) is 6.07 Å². The minimum atomic E-state index is -3.66. The van der Waals surface area contributed by atoms with E-state index in [1.165, 1.54) is 12.2 Å². The first-order valence-electron chi connectivity index (χ1n) is 11.1. The summed E-state index contributed by atoms with van der Waals surface area (Å²) in [5.41, 5.74) is 0.0494. The average molecular weight is 489 g/mol. The highest BCUT2D eigenvalue weighted by molar-refractivity contribution is 7.93. The molecule has 1 aliphatic carbocycles. The first-order valence-corrected chi connectivity index (χ1v) is 12.6. The van der Waals surface area contributed by atoms with E-state index in [1.807, 2.05) is 26.8 Å². The molecule has 1 atom stereocenters. The van der Waals surface area contributed by atoms with Gasteiger partial charge in [-0.1, -0.05) is 25.7 Å². The van der Waals surface area contributed by atoms with Gasteiger partial charge in [0.2, 0.25) is 10.0 Å². The van der Waals surface area contributed by atoms with Crippen LogP contribution in [0, 0.1) is 17.2 Å². The van der Waals surface area contributed by atoms with Gasteiger partial charge in [0.25, 0.3) is 0 Å². The predicted octanol–water partition coefficient (Wildman–Crippen LogP) is 3.97. The van der Waals surface area contributed by atoms with Crippen molar-refractivity contribution in [2.45, 2.75) is 45.6 Å². The topological polar surface area (TPSA) is 120 Å². The molecule has 1 rings (SSSR count). The van der Waals surface area contributed by atoms with Gasteiger partial charge in [0, 0.05) is 25.6 Å². The highest BCUT2D eigenvalue weighted by Crippen LogP contribution is 2.21. The lowest BCUT2D eigenvalue weighted by molar-refractivity contribution is 0.212. The normalized spacial score (nSPS) is 15.6. The summed E-state index contributed by atoms with van der Waals surface area (Å²) in [6, 6.07) is 1.80. The molecule has 0 heterocycles. The maximum absolute atomic E-state index is 12.7. The molecule has 8 nitrogen and oxygen atoms in total. The van der Waals surface area contributed by atoms with Crippen LogP contribution in [0.3, 0.4) is 0 Å². The molecule has 34 heavy (non-hydrogen) atoms. The Kier molecular flexibility index (Phi) is 12.1. The van der Waals surface area contributed by atoms with Gasteiger partial charge >= 0.3 is 6.03 Å². The smallest absolute Gasteiger partial charge is 0.314 e. The Bertz CT molecular complexity index is 1010. The lowest BCUT2D eigenvalue weighted by atomic mass is 9.85. The molecular weight excluding hydrogens is 452 g/mol. The highest BCUT2D eigenvalue weighted by atomic mass is 32.2. The third-order valence-electron chi connectivity index (χ3n) is 5.43. The zero-order valence-corrected chi connectivity index (χ0v) is 21.2. The van der Waals surface area contributed by atoms with Crippen LogP contribution in [-0.2, 0) is 14.8 Å². The summed E-state index contributed by atoms with van der Waals surface area (Å²) in [7, 11) is -2.09. The molecule has 0 fully saturated rings. The molecule has 0 radical (unpaired) electrons. The number of amides is 2. The van der Waals surface area contributed by atoms with Crippen molar-refractivity contribution in [2.75, 3.05) is 20.2 Å². The number of sulfonamides is 1. The summed E-state index contributed by atoms with van der Waals surface area (Å²) >= 11 is 0. The molecule has 0 aromatic heterocycles. The van der Waals surface area contributed by atoms with Crippen molar-refractivity contribution in [3.63, 3.8) is 0 Å². The standard InChI is InChI=1S/C25H36N4O4S/c1-6-10-21(19-26)12-9-18-33-22-13-7-14-23(16-15-22)34(31,32)28-17-8-11-20(2)25(3,4)29-24(30)27-5/h6-7,9-10,12,14-16,20,28H,1,8,11,13,17-18H2,2-5H3,(H2,27,29,30)/b12-9-,21-10+. The van der Waals surface area contributed by atoms with Crippen LogP contribution >= 0.6 is 0 Å². The second-order valence-electron chi connectivity index (χ2n) is 8.36. The fourth-order valence-electron chi connectivity index (χ4n) is 3.00. The Balaban J connectivity index is 2.59. The van der Waals surface area contributed by atoms with E-state index in [0.29, 0.717) is 30.7 Å². The van der Waals surface area contributed by atoms with Crippen molar-refractivity contribution in [3.05, 3.63) is 71.4 Å². The van der Waals surface area contributed by atoms with Crippen molar-refractivity contribution >= 4 is 16.1 Å². The second-order valence-corrected chi connectivity index (χ2v) is 10.1. The van der Waals surface area contributed by atoms with E-state index in [2.05, 4.69) is 21.9 Å². The lowest BCUT2D eigenvalue weighted by Gasteiger charge is -2.32. The Morgan fingerprint density at radius 1 is 1.38 bits per heavy atom. The van der Waals surface area contributed by atoms with E-state index < -0.39 is 15.6 Å². The zero-order chi connectivity index (χ0) is 25.6. The van der Waals surface area contributed by atoms with Gasteiger partial charge in [-0.2, -0.15) is 5.26 Å². The molecule has 0 aliphatic heterocycles. The Morgan fingerprint density at radius 3 is 2.76 bits per heavy atom. The van der Waals surface area contributed by atoms with Gasteiger partial charge in [-0.15, -0.1) is 0 Å². The first kappa shape index (κ1) is 28.9. The molecule has 0 aromatic rings. The third kappa shape index (κ3) is 10.2. The van der Waals surface area contributed by atoms with Gasteiger partial charge in [0.1, 0.15) is 12.4 Å². The third-order valence-corrected chi connectivity index (χ3v) is 6.91. The molecule has 0 bridgehead atoms. The summed E-state index contributed by atoms with van der Waals surface area (Å²) in [5, 5.41) is 14.4. The SMILES string of the molecule is C=C/C=C(C#N)\C=C/COC1=CC=C(S(=O)(=O)NCCCC(C)C(C)(C)NC(=O)NC)C=CC1. The fraction of sp³-hybridized carbons (Fsp3) is 0.440. The maximum Gasteiger partial charge on any atom is 0.314 e. The minimum Gasteiger partial charge on any atom is -0.494 e. The fourth-order valence-corrected chi connectivity index (χ4v) is 4.10. The number of hydrogen-bond donors (Lipinski definition) is 3. The van der Waals surface area contributed by atoms with Gasteiger partial charge in [-0.05, 0) is 69.1 Å². The second kappa shape index (κ2) is 14.2. The van der Waals surface area contributed by atoms with Crippen LogP contribution in [0.5, 0.6) is 0 Å². The van der Waals surface area contributed by atoms with Crippen LogP contribution in [0.25, 0.3) is 0 Å². The molecule has 1 unspecified atom stereocenters. The summed E-state index contributed by atoms with van der Waals surface area (Å²) < 4.78 is 33.7. The Labute approximate surface area is 203 Å². The number of ether oxygens (including phenoxy) is 1. The number of urea groups is 1. The number of rotatable bonds is 13. The first-order chi connectivity index (χ1) is 16.1. The van der Waals surface area contributed by atoms with Gasteiger partial charge in [-0.3, -0.25) is 0 Å². The molecule has 0 saturated heterocycles. The van der Waals surface area contributed by atoms with E-state index >= 15 is 0 Å². The van der Waals surface area contributed by atoms with E-state index in [4.69, 9.17) is 10.00 Å². The molecule has 9 heteroatoms. The number of allylic oxidation sites excluding steroid dienone is 8. The van der Waals surface area contributed by atoms with Crippen molar-refractivity contribution in [1.29, 1.82) is 5.26 Å². The van der Waals surface area contributed by atoms with Gasteiger partial charge in [0.05, 0.1) is 16.5 Å². The largest absolute Gasteiger partial charge is 0.494 e. The number of nitriles is 1. The van der Waals surface area contributed by atoms with Gasteiger partial charge in [-0.25, -0.2) is 17.9 Å². The van der Waals surface area contributed by atoms with E-state index in [1.54, 1.807) is 43.5 Å². The highest BCUT2D eigenvalue weighted by Gasteiger charge is 2.27. The quantitative estimate of drug-likeness (QED) is 0.206. The van der Waals surface area contributed by atoms with Crippen LogP contribution in [0.15, 0.2) is 71.4 Å². The Hall–Kier alpha value is -3.09. The predicted molar refractivity (Wildman–Crippen MR) is 136 cm³/mol. The molecule has 1 aliphatic rings. The minimum absolute atomic E-state index is 0.152. The van der Waals surface area contributed by atoms with E-state index in [0.717, 1.165) is 6.42 Å². The number of hydrogen-bond acceptors (Lipinski definition) is 5. The molecule has 3 N–H and O–H groups in total.